The minimum absolute atomic E-state index is 0.121. The van der Waals surface area contributed by atoms with Crippen LogP contribution in [-0.2, 0) is 17.6 Å². The van der Waals surface area contributed by atoms with Gasteiger partial charge in [0.25, 0.3) is 0 Å². The quantitative estimate of drug-likeness (QED) is 0.352. The number of carbonyl (C=O) groups excluding carboxylic acids is 1. The van der Waals surface area contributed by atoms with Crippen LogP contribution in [0.15, 0.2) is 23.2 Å². The molecule has 0 aliphatic rings. The fourth-order valence-electron chi connectivity index (χ4n) is 1.54. The van der Waals surface area contributed by atoms with Gasteiger partial charge in [-0.2, -0.15) is 0 Å². The summed E-state index contributed by atoms with van der Waals surface area (Å²) in [6.45, 7) is 3.93. The van der Waals surface area contributed by atoms with Crippen molar-refractivity contribution in [2.75, 3.05) is 6.54 Å². The van der Waals surface area contributed by atoms with Gasteiger partial charge in [-0.05, 0) is 30.0 Å². The maximum absolute atomic E-state index is 11.5. The number of guanidine groups is 1. The lowest BCUT2D eigenvalue weighted by atomic mass is 10.1. The minimum Gasteiger partial charge on any atom is -0.425 e. The highest BCUT2D eigenvalue weighted by atomic mass is 16.5. The summed E-state index contributed by atoms with van der Waals surface area (Å²) in [6, 6.07) is 5.80. The Morgan fingerprint density at radius 1 is 1.28 bits per heavy atom. The van der Waals surface area contributed by atoms with Crippen LogP contribution >= 0.6 is 0 Å². The molecule has 1 aromatic carbocycles. The van der Waals surface area contributed by atoms with Gasteiger partial charge in [0.05, 0.1) is 0 Å². The largest absolute Gasteiger partial charge is 0.425 e. The van der Waals surface area contributed by atoms with Crippen LogP contribution in [-0.4, -0.2) is 18.5 Å². The summed E-state index contributed by atoms with van der Waals surface area (Å²) in [5.74, 6) is -0.0168. The van der Waals surface area contributed by atoms with Crippen molar-refractivity contribution in [2.24, 2.45) is 16.5 Å². The van der Waals surface area contributed by atoms with Gasteiger partial charge in [-0.3, -0.25) is 0 Å². The predicted octanol–water partition coefficient (Wildman–Crippen LogP) is 0.990. The Kier molecular flexibility index (Phi) is 5.17. The smallest absolute Gasteiger partial charge is 0.333 e. The molecule has 1 rings (SSSR count). The van der Waals surface area contributed by atoms with Crippen LogP contribution in [0.3, 0.4) is 0 Å². The lowest BCUT2D eigenvalue weighted by Crippen LogP contribution is -2.25. The molecule has 0 amide bonds. The molecule has 0 saturated carbocycles. The second-order valence-electron chi connectivity index (χ2n) is 3.86. The summed E-state index contributed by atoms with van der Waals surface area (Å²) in [7, 11) is 0. The van der Waals surface area contributed by atoms with Crippen LogP contribution in [0.25, 0.3) is 0 Å². The summed E-state index contributed by atoms with van der Waals surface area (Å²) in [5.41, 5.74) is 12.5. The molecule has 0 unspecified atom stereocenters. The molecule has 0 aliphatic carbocycles. The molecule has 0 heterocycles. The average molecular weight is 249 g/mol. The highest BCUT2D eigenvalue weighted by Gasteiger charge is 2.08. The molecule has 5 heteroatoms. The summed E-state index contributed by atoms with van der Waals surface area (Å²) >= 11 is 0. The molecule has 0 aliphatic heterocycles. The standard InChI is InChI=1S/C13H19N3O2/c1-3-9-5-6-11(10(4-2)7-9)18-12(17)8-16-13(14)15/h5-7H,3-4,8H2,1-2H3,(H4,14,15,16). The summed E-state index contributed by atoms with van der Waals surface area (Å²) in [4.78, 5) is 15.1. The molecule has 0 bridgehead atoms. The van der Waals surface area contributed by atoms with Gasteiger partial charge >= 0.3 is 5.97 Å². The van der Waals surface area contributed by atoms with E-state index in [0.29, 0.717) is 5.75 Å². The van der Waals surface area contributed by atoms with Crippen LogP contribution < -0.4 is 16.2 Å². The fraction of sp³-hybridized carbons (Fsp3) is 0.385. The first kappa shape index (κ1) is 14.0. The molecule has 0 spiro atoms. The number of hydrogen-bond donors (Lipinski definition) is 2. The Balaban J connectivity index is 2.77. The first-order chi connectivity index (χ1) is 8.56. The third-order valence-corrected chi connectivity index (χ3v) is 2.53. The van der Waals surface area contributed by atoms with E-state index >= 15 is 0 Å². The molecule has 0 fully saturated rings. The zero-order chi connectivity index (χ0) is 13.5. The van der Waals surface area contributed by atoms with Crippen LogP contribution in [0.5, 0.6) is 5.75 Å². The van der Waals surface area contributed by atoms with Crippen molar-refractivity contribution < 1.29 is 9.53 Å². The third-order valence-electron chi connectivity index (χ3n) is 2.53. The number of ether oxygens (including phenoxy) is 1. The van der Waals surface area contributed by atoms with Crippen LogP contribution in [0.1, 0.15) is 25.0 Å². The van der Waals surface area contributed by atoms with Gasteiger partial charge in [-0.15, -0.1) is 0 Å². The van der Waals surface area contributed by atoms with Gasteiger partial charge in [-0.25, -0.2) is 9.79 Å². The topological polar surface area (TPSA) is 90.7 Å². The molecule has 18 heavy (non-hydrogen) atoms. The summed E-state index contributed by atoms with van der Waals surface area (Å²) in [6.07, 6.45) is 1.76. The monoisotopic (exact) mass is 249 g/mol. The Bertz CT molecular complexity index is 452. The molecular formula is C13H19N3O2. The van der Waals surface area contributed by atoms with Crippen molar-refractivity contribution in [3.8, 4) is 5.75 Å². The van der Waals surface area contributed by atoms with E-state index in [1.54, 1.807) is 0 Å². The van der Waals surface area contributed by atoms with Gasteiger partial charge in [0.2, 0.25) is 0 Å². The number of nitrogens with zero attached hydrogens (tertiary/aromatic N) is 1. The summed E-state index contributed by atoms with van der Waals surface area (Å²) < 4.78 is 5.23. The van der Waals surface area contributed by atoms with E-state index < -0.39 is 5.97 Å². The second kappa shape index (κ2) is 6.64. The van der Waals surface area contributed by atoms with E-state index in [1.807, 2.05) is 25.1 Å². The number of nitrogens with two attached hydrogens (primary N) is 2. The Morgan fingerprint density at radius 2 is 2.00 bits per heavy atom. The molecule has 0 atom stereocenters. The lowest BCUT2D eigenvalue weighted by Gasteiger charge is -2.09. The van der Waals surface area contributed by atoms with E-state index in [-0.39, 0.29) is 12.5 Å². The molecule has 4 N–H and O–H groups in total. The molecular weight excluding hydrogens is 230 g/mol. The fourth-order valence-corrected chi connectivity index (χ4v) is 1.54. The van der Waals surface area contributed by atoms with Gasteiger partial charge < -0.3 is 16.2 Å². The lowest BCUT2D eigenvalue weighted by molar-refractivity contribution is -0.132. The highest BCUT2D eigenvalue weighted by Crippen LogP contribution is 2.21. The van der Waals surface area contributed by atoms with Crippen molar-refractivity contribution in [2.45, 2.75) is 26.7 Å². The molecule has 98 valence electrons. The molecule has 1 aromatic rings. The Morgan fingerprint density at radius 3 is 2.56 bits per heavy atom. The predicted molar refractivity (Wildman–Crippen MR) is 71.5 cm³/mol. The van der Waals surface area contributed by atoms with Crippen molar-refractivity contribution in [1.29, 1.82) is 0 Å². The SMILES string of the molecule is CCc1ccc(OC(=O)CN=C(N)N)c(CC)c1. The second-order valence-corrected chi connectivity index (χ2v) is 3.86. The Labute approximate surface area is 107 Å². The minimum atomic E-state index is -0.470. The maximum Gasteiger partial charge on any atom is 0.333 e. The zero-order valence-electron chi connectivity index (χ0n) is 10.8. The van der Waals surface area contributed by atoms with Gasteiger partial charge in [-0.1, -0.05) is 26.0 Å². The van der Waals surface area contributed by atoms with Crippen molar-refractivity contribution in [1.82, 2.24) is 0 Å². The average Bonchev–Trinajstić information content (AvgIpc) is 2.36. The van der Waals surface area contributed by atoms with Gasteiger partial charge in [0, 0.05) is 0 Å². The number of aliphatic imine (C=N–C) groups is 1. The third kappa shape index (κ3) is 4.08. The summed E-state index contributed by atoms with van der Waals surface area (Å²) in [5, 5.41) is 0. The van der Waals surface area contributed by atoms with Crippen molar-refractivity contribution in [3.05, 3.63) is 29.3 Å². The number of carbonyl (C=O) groups is 1. The number of hydrogen-bond acceptors (Lipinski definition) is 3. The van der Waals surface area contributed by atoms with Gasteiger partial charge in [0.15, 0.2) is 5.96 Å². The Hall–Kier alpha value is -2.04. The number of aryl methyl sites for hydroxylation is 2. The van der Waals surface area contributed by atoms with E-state index in [9.17, 15) is 4.79 Å². The highest BCUT2D eigenvalue weighted by molar-refractivity contribution is 5.81. The number of rotatable bonds is 5. The van der Waals surface area contributed by atoms with Crippen LogP contribution in [0.4, 0.5) is 0 Å². The van der Waals surface area contributed by atoms with E-state index in [2.05, 4.69) is 11.9 Å². The molecule has 5 nitrogen and oxygen atoms in total. The first-order valence-corrected chi connectivity index (χ1v) is 5.94. The number of esters is 1. The normalized spacial score (nSPS) is 9.89. The molecule has 0 aromatic heterocycles. The van der Waals surface area contributed by atoms with Crippen LogP contribution in [0.2, 0.25) is 0 Å². The number of benzene rings is 1. The van der Waals surface area contributed by atoms with E-state index in [4.69, 9.17) is 16.2 Å². The first-order valence-electron chi connectivity index (χ1n) is 5.94. The molecule has 0 saturated heterocycles. The van der Waals surface area contributed by atoms with Crippen molar-refractivity contribution >= 4 is 11.9 Å². The zero-order valence-corrected chi connectivity index (χ0v) is 10.8. The van der Waals surface area contributed by atoms with E-state index in [1.165, 1.54) is 5.56 Å². The van der Waals surface area contributed by atoms with Crippen LogP contribution in [0, 0.1) is 0 Å². The van der Waals surface area contributed by atoms with E-state index in [0.717, 1.165) is 18.4 Å². The maximum atomic E-state index is 11.5. The van der Waals surface area contributed by atoms with Gasteiger partial charge in [0.1, 0.15) is 12.3 Å². The molecule has 0 radical (unpaired) electrons. The van der Waals surface area contributed by atoms with Crippen molar-refractivity contribution in [3.63, 3.8) is 0 Å².